The molecule has 0 saturated carbocycles. The Balaban J connectivity index is 2.24. The van der Waals surface area contributed by atoms with E-state index in [4.69, 9.17) is 10.9 Å². The molecule has 0 spiro atoms. The summed E-state index contributed by atoms with van der Waals surface area (Å²) < 4.78 is 13.7. The Kier molecular flexibility index (Phi) is 3.84. The van der Waals surface area contributed by atoms with E-state index in [-0.39, 0.29) is 23.1 Å². The Morgan fingerprint density at radius 2 is 2.11 bits per heavy atom. The zero-order chi connectivity index (χ0) is 13.8. The number of nitrogens with two attached hydrogens (primary N) is 1. The third-order valence-electron chi connectivity index (χ3n) is 3.01. The van der Waals surface area contributed by atoms with Crippen LogP contribution in [-0.4, -0.2) is 35.1 Å². The number of anilines is 1. The molecule has 4 N–H and O–H groups in total. The minimum atomic E-state index is -0.658. The number of amidine groups is 1. The summed E-state index contributed by atoms with van der Waals surface area (Å²) in [5.74, 6) is -1.04. The summed E-state index contributed by atoms with van der Waals surface area (Å²) in [5, 5.41) is 14.0. The number of urea groups is 1. The van der Waals surface area contributed by atoms with Crippen LogP contribution in [0.5, 0.6) is 0 Å². The van der Waals surface area contributed by atoms with Crippen LogP contribution >= 0.6 is 0 Å². The van der Waals surface area contributed by atoms with Crippen molar-refractivity contribution in [2.24, 2.45) is 10.9 Å². The van der Waals surface area contributed by atoms with Gasteiger partial charge in [-0.2, -0.15) is 0 Å². The van der Waals surface area contributed by atoms with Crippen LogP contribution in [0.25, 0.3) is 0 Å². The first-order chi connectivity index (χ1) is 9.13. The molecule has 0 aromatic heterocycles. The Labute approximate surface area is 109 Å². The maximum atomic E-state index is 13.7. The van der Waals surface area contributed by atoms with Crippen molar-refractivity contribution >= 4 is 17.6 Å². The van der Waals surface area contributed by atoms with E-state index >= 15 is 0 Å². The van der Waals surface area contributed by atoms with E-state index in [0.717, 1.165) is 12.8 Å². The lowest BCUT2D eigenvalue weighted by Crippen LogP contribution is -2.33. The molecule has 0 radical (unpaired) electrons. The molecule has 2 rings (SSSR count). The Hall–Kier alpha value is -2.31. The minimum Gasteiger partial charge on any atom is -0.409 e. The smallest absolute Gasteiger partial charge is 0.321 e. The number of carbonyl (C=O) groups is 1. The molecule has 102 valence electrons. The number of nitrogens with one attached hydrogen (secondary N) is 1. The highest BCUT2D eigenvalue weighted by Gasteiger charge is 2.20. The highest BCUT2D eigenvalue weighted by molar-refractivity contribution is 6.05. The molecule has 6 nitrogen and oxygen atoms in total. The molecule has 7 heteroatoms. The molecule has 0 aliphatic carbocycles. The molecular weight excluding hydrogens is 251 g/mol. The van der Waals surface area contributed by atoms with E-state index in [1.54, 1.807) is 4.90 Å². The summed E-state index contributed by atoms with van der Waals surface area (Å²) in [6.07, 6.45) is 1.92. The Morgan fingerprint density at radius 3 is 2.74 bits per heavy atom. The van der Waals surface area contributed by atoms with E-state index in [1.807, 2.05) is 0 Å². The van der Waals surface area contributed by atoms with Crippen molar-refractivity contribution in [1.29, 1.82) is 0 Å². The molecule has 1 aliphatic rings. The zero-order valence-corrected chi connectivity index (χ0v) is 10.3. The lowest BCUT2D eigenvalue weighted by atomic mass is 10.1. The molecule has 0 atom stereocenters. The Bertz CT molecular complexity index is 512. The molecule has 1 aromatic carbocycles. The van der Waals surface area contributed by atoms with Gasteiger partial charge in [0.15, 0.2) is 5.84 Å². The summed E-state index contributed by atoms with van der Waals surface area (Å²) in [4.78, 5) is 13.6. The number of rotatable bonds is 2. The third-order valence-corrected chi connectivity index (χ3v) is 3.01. The molecule has 0 unspecified atom stereocenters. The number of halogens is 1. The minimum absolute atomic E-state index is 0.113. The van der Waals surface area contributed by atoms with Gasteiger partial charge in [0, 0.05) is 13.1 Å². The molecule has 1 aliphatic heterocycles. The highest BCUT2D eigenvalue weighted by atomic mass is 19.1. The fourth-order valence-electron chi connectivity index (χ4n) is 2.05. The van der Waals surface area contributed by atoms with Crippen molar-refractivity contribution < 1.29 is 14.4 Å². The maximum absolute atomic E-state index is 13.7. The number of amides is 2. The second-order valence-corrected chi connectivity index (χ2v) is 4.27. The average Bonchev–Trinajstić information content (AvgIpc) is 2.92. The van der Waals surface area contributed by atoms with Crippen LogP contribution in [0.1, 0.15) is 18.4 Å². The van der Waals surface area contributed by atoms with Gasteiger partial charge in [-0.25, -0.2) is 9.18 Å². The summed E-state index contributed by atoms with van der Waals surface area (Å²) in [6, 6.07) is 3.82. The first-order valence-corrected chi connectivity index (χ1v) is 5.96. The van der Waals surface area contributed by atoms with Crippen molar-refractivity contribution in [2.45, 2.75) is 12.8 Å². The van der Waals surface area contributed by atoms with Gasteiger partial charge in [-0.1, -0.05) is 11.2 Å². The summed E-state index contributed by atoms with van der Waals surface area (Å²) in [6.45, 7) is 1.36. The van der Waals surface area contributed by atoms with Gasteiger partial charge in [-0.15, -0.1) is 0 Å². The van der Waals surface area contributed by atoms with E-state index in [1.165, 1.54) is 18.2 Å². The van der Waals surface area contributed by atoms with E-state index in [2.05, 4.69) is 10.5 Å². The van der Waals surface area contributed by atoms with Crippen molar-refractivity contribution in [3.8, 4) is 0 Å². The van der Waals surface area contributed by atoms with Crippen molar-refractivity contribution in [3.05, 3.63) is 29.6 Å². The van der Waals surface area contributed by atoms with Crippen LogP contribution in [0.4, 0.5) is 14.9 Å². The monoisotopic (exact) mass is 266 g/mol. The predicted octanol–water partition coefficient (Wildman–Crippen LogP) is 1.55. The van der Waals surface area contributed by atoms with Gasteiger partial charge in [-0.3, -0.25) is 0 Å². The highest BCUT2D eigenvalue weighted by Crippen LogP contribution is 2.20. The second kappa shape index (κ2) is 5.55. The first kappa shape index (κ1) is 13.1. The van der Waals surface area contributed by atoms with Crippen molar-refractivity contribution in [2.75, 3.05) is 18.4 Å². The molecule has 2 amide bonds. The molecule has 1 aromatic rings. The lowest BCUT2D eigenvalue weighted by molar-refractivity contribution is 0.222. The van der Waals surface area contributed by atoms with Gasteiger partial charge in [0.25, 0.3) is 0 Å². The molecule has 1 fully saturated rings. The number of nitrogens with zero attached hydrogens (tertiary/aromatic N) is 2. The van der Waals surface area contributed by atoms with Gasteiger partial charge in [-0.05, 0) is 25.0 Å². The van der Waals surface area contributed by atoms with Crippen LogP contribution in [0.15, 0.2) is 23.4 Å². The van der Waals surface area contributed by atoms with Crippen molar-refractivity contribution in [1.82, 2.24) is 4.90 Å². The van der Waals surface area contributed by atoms with Gasteiger partial charge in [0.1, 0.15) is 5.82 Å². The van der Waals surface area contributed by atoms with Crippen LogP contribution in [0.3, 0.4) is 0 Å². The summed E-state index contributed by atoms with van der Waals surface area (Å²) in [5.41, 5.74) is 5.49. The lowest BCUT2D eigenvalue weighted by Gasteiger charge is -2.17. The van der Waals surface area contributed by atoms with Crippen molar-refractivity contribution in [3.63, 3.8) is 0 Å². The zero-order valence-electron chi connectivity index (χ0n) is 10.3. The molecular formula is C12H15FN4O2. The number of carbonyl (C=O) groups excluding carboxylic acids is 1. The third kappa shape index (κ3) is 2.75. The number of likely N-dealkylation sites (tertiary alicyclic amines) is 1. The van der Waals surface area contributed by atoms with Gasteiger partial charge in [0.05, 0.1) is 11.3 Å². The fraction of sp³-hybridized carbons (Fsp3) is 0.333. The molecule has 1 heterocycles. The van der Waals surface area contributed by atoms with E-state index in [9.17, 15) is 9.18 Å². The van der Waals surface area contributed by atoms with Gasteiger partial charge >= 0.3 is 6.03 Å². The summed E-state index contributed by atoms with van der Waals surface area (Å²) in [7, 11) is 0. The molecule has 1 saturated heterocycles. The number of benzene rings is 1. The van der Waals surface area contributed by atoms with Crippen LogP contribution < -0.4 is 11.1 Å². The Morgan fingerprint density at radius 1 is 1.42 bits per heavy atom. The summed E-state index contributed by atoms with van der Waals surface area (Å²) >= 11 is 0. The average molecular weight is 266 g/mol. The van der Waals surface area contributed by atoms with Crippen LogP contribution in [0, 0.1) is 5.82 Å². The van der Waals surface area contributed by atoms with Gasteiger partial charge < -0.3 is 21.2 Å². The molecule has 19 heavy (non-hydrogen) atoms. The second-order valence-electron chi connectivity index (χ2n) is 4.27. The largest absolute Gasteiger partial charge is 0.409 e. The van der Waals surface area contributed by atoms with Gasteiger partial charge in [0.2, 0.25) is 0 Å². The maximum Gasteiger partial charge on any atom is 0.321 e. The van der Waals surface area contributed by atoms with E-state index in [0.29, 0.717) is 13.1 Å². The topological polar surface area (TPSA) is 91.0 Å². The predicted molar refractivity (Wildman–Crippen MR) is 68.7 cm³/mol. The normalized spacial score (nSPS) is 15.6. The first-order valence-electron chi connectivity index (χ1n) is 5.96. The number of hydrogen-bond donors (Lipinski definition) is 3. The number of hydrogen-bond acceptors (Lipinski definition) is 3. The van der Waals surface area contributed by atoms with Crippen LogP contribution in [0.2, 0.25) is 0 Å². The quantitative estimate of drug-likeness (QED) is 0.328. The fourth-order valence-corrected chi connectivity index (χ4v) is 2.05. The standard InChI is InChI=1S/C12H15FN4O2/c13-8-4-3-5-9(10(8)11(14)16-19)15-12(18)17-6-1-2-7-17/h3-5,19H,1-2,6-7H2,(H2,14,16)(H,15,18). The number of oxime groups is 1. The van der Waals surface area contributed by atoms with Crippen LogP contribution in [-0.2, 0) is 0 Å². The SMILES string of the molecule is NC(=NO)c1c(F)cccc1NC(=O)N1CCCC1. The van der Waals surface area contributed by atoms with E-state index < -0.39 is 5.82 Å². The molecule has 0 bridgehead atoms.